The molecule has 40 heavy (non-hydrogen) atoms. The minimum absolute atomic E-state index is 0.0352. The smallest absolute Gasteiger partial charge is 0.387 e. The summed E-state index contributed by atoms with van der Waals surface area (Å²) >= 11 is 5.95. The van der Waals surface area contributed by atoms with E-state index >= 15 is 0 Å². The first-order valence-electron chi connectivity index (χ1n) is 13.1. The molecule has 2 aromatic rings. The second-order valence-electron chi connectivity index (χ2n) is 10.8. The van der Waals surface area contributed by atoms with Gasteiger partial charge in [-0.3, -0.25) is 19.1 Å². The van der Waals surface area contributed by atoms with Gasteiger partial charge in [0.05, 0.1) is 23.0 Å². The molecule has 1 aromatic heterocycles. The molecule has 1 aliphatic carbocycles. The molecule has 218 valence electrons. The number of anilines is 1. The van der Waals surface area contributed by atoms with Gasteiger partial charge in [-0.25, -0.2) is 4.39 Å². The van der Waals surface area contributed by atoms with Gasteiger partial charge in [0.2, 0.25) is 0 Å². The Bertz CT molecular complexity index is 1270. The number of carbonyl (C=O) groups is 3. The number of rotatable bonds is 9. The van der Waals surface area contributed by atoms with Crippen molar-refractivity contribution in [2.24, 2.45) is 5.41 Å². The maximum absolute atomic E-state index is 14.8. The van der Waals surface area contributed by atoms with E-state index in [0.29, 0.717) is 0 Å². The summed E-state index contributed by atoms with van der Waals surface area (Å²) in [6, 6.07) is 3.92. The van der Waals surface area contributed by atoms with Crippen molar-refractivity contribution in [1.82, 2.24) is 14.7 Å². The second-order valence-corrected chi connectivity index (χ2v) is 11.3. The Morgan fingerprint density at radius 3 is 2.40 bits per heavy atom. The van der Waals surface area contributed by atoms with Crippen LogP contribution in [0, 0.1) is 11.2 Å². The zero-order valence-corrected chi connectivity index (χ0v) is 23.0. The number of hydrogen-bond donors (Lipinski definition) is 2. The summed E-state index contributed by atoms with van der Waals surface area (Å²) in [6.07, 6.45) is 2.24. The van der Waals surface area contributed by atoms with Crippen molar-refractivity contribution in [3.05, 3.63) is 40.9 Å². The number of nitrogens with one attached hydrogen (secondary N) is 1. The zero-order valence-electron chi connectivity index (χ0n) is 22.3. The number of carboxylic acids is 1. The van der Waals surface area contributed by atoms with Gasteiger partial charge in [0, 0.05) is 43.6 Å². The lowest BCUT2D eigenvalue weighted by molar-refractivity contribution is -0.154. The summed E-state index contributed by atoms with van der Waals surface area (Å²) in [7, 11) is 0. The van der Waals surface area contributed by atoms with Gasteiger partial charge in [-0.2, -0.15) is 13.9 Å². The number of aliphatic carboxylic acids is 1. The number of aromatic nitrogens is 2. The molecule has 9 nitrogen and oxygen atoms in total. The molecular formula is C27H32ClF3N4O5. The molecule has 1 aromatic carbocycles. The Kier molecular flexibility index (Phi) is 8.79. The maximum Gasteiger partial charge on any atom is 0.387 e. The normalized spacial score (nSPS) is 19.1. The lowest BCUT2D eigenvalue weighted by atomic mass is 9.72. The molecule has 0 spiro atoms. The van der Waals surface area contributed by atoms with E-state index in [-0.39, 0.29) is 92.0 Å². The highest BCUT2D eigenvalue weighted by Crippen LogP contribution is 2.40. The number of likely N-dealkylation sites (tertiary alicyclic amines) is 1. The number of alkyl halides is 2. The Labute approximate surface area is 234 Å². The van der Waals surface area contributed by atoms with E-state index in [1.165, 1.54) is 16.8 Å². The third-order valence-corrected chi connectivity index (χ3v) is 8.21. The Hall–Kier alpha value is -3.12. The molecule has 13 heteroatoms. The lowest BCUT2D eigenvalue weighted by Gasteiger charge is -2.44. The van der Waals surface area contributed by atoms with Crippen molar-refractivity contribution >= 4 is 34.9 Å². The van der Waals surface area contributed by atoms with Crippen LogP contribution in [0.15, 0.2) is 24.4 Å². The van der Waals surface area contributed by atoms with Crippen molar-refractivity contribution in [1.29, 1.82) is 0 Å². The fourth-order valence-corrected chi connectivity index (χ4v) is 5.88. The third-order valence-electron chi connectivity index (χ3n) is 7.97. The molecule has 1 aliphatic heterocycles. The quantitative estimate of drug-likeness (QED) is 0.424. The van der Waals surface area contributed by atoms with Crippen LogP contribution in [0.4, 0.5) is 18.9 Å². The minimum Gasteiger partial charge on any atom is -0.481 e. The highest BCUT2D eigenvalue weighted by Gasteiger charge is 2.49. The van der Waals surface area contributed by atoms with E-state index in [0.717, 1.165) is 12.3 Å². The number of hydrogen-bond acceptors (Lipinski definition) is 6. The topological polar surface area (TPSA) is 114 Å². The number of amides is 1. The number of carboxylic acid groups (broad SMARTS) is 1. The molecule has 1 saturated heterocycles. The van der Waals surface area contributed by atoms with Crippen LogP contribution >= 0.6 is 11.6 Å². The number of Topliss-reactive ketones (excluding diaryl/α,β-unsaturated/α-hetero) is 1. The van der Waals surface area contributed by atoms with E-state index in [1.807, 2.05) is 4.90 Å². The molecule has 4 rings (SSSR count). The lowest BCUT2D eigenvalue weighted by Crippen LogP contribution is -2.56. The first-order chi connectivity index (χ1) is 18.9. The molecule has 1 saturated carbocycles. The summed E-state index contributed by atoms with van der Waals surface area (Å²) in [5.41, 5.74) is -2.29. The fraction of sp³-hybridized carbons (Fsp3) is 0.556. The molecule has 2 N–H and O–H groups in total. The predicted molar refractivity (Wildman–Crippen MR) is 140 cm³/mol. The van der Waals surface area contributed by atoms with Gasteiger partial charge in [-0.1, -0.05) is 25.4 Å². The van der Waals surface area contributed by atoms with Crippen LogP contribution in [0.3, 0.4) is 0 Å². The average molecular weight is 585 g/mol. The highest BCUT2D eigenvalue weighted by molar-refractivity contribution is 6.30. The molecule has 2 fully saturated rings. The number of nitrogens with zero attached hydrogens (tertiary/aromatic N) is 3. The molecule has 2 heterocycles. The number of ether oxygens (including phenoxy) is 1. The van der Waals surface area contributed by atoms with Gasteiger partial charge in [0.1, 0.15) is 11.3 Å². The second kappa shape index (κ2) is 11.8. The molecule has 0 radical (unpaired) electrons. The first-order valence-corrected chi connectivity index (χ1v) is 13.5. The number of piperidine rings is 1. The van der Waals surface area contributed by atoms with Crippen LogP contribution in [-0.4, -0.2) is 63.7 Å². The summed E-state index contributed by atoms with van der Waals surface area (Å²) in [4.78, 5) is 39.9. The first kappa shape index (κ1) is 29.9. The molecule has 2 aliphatic rings. The molecule has 0 bridgehead atoms. The van der Waals surface area contributed by atoms with Crippen molar-refractivity contribution in [3.8, 4) is 5.75 Å². The monoisotopic (exact) mass is 584 g/mol. The van der Waals surface area contributed by atoms with Crippen molar-refractivity contribution < 1.29 is 37.4 Å². The van der Waals surface area contributed by atoms with Gasteiger partial charge in [0.15, 0.2) is 11.6 Å². The van der Waals surface area contributed by atoms with Crippen LogP contribution in [0.5, 0.6) is 5.75 Å². The number of ketones is 1. The van der Waals surface area contributed by atoms with E-state index in [9.17, 15) is 32.7 Å². The van der Waals surface area contributed by atoms with E-state index < -0.39 is 35.3 Å². The molecule has 0 atom stereocenters. The average Bonchev–Trinajstić information content (AvgIpc) is 3.29. The van der Waals surface area contributed by atoms with Gasteiger partial charge in [-0.15, -0.1) is 0 Å². The summed E-state index contributed by atoms with van der Waals surface area (Å²) in [6.45, 7) is 1.17. The Balaban J connectivity index is 1.64. The Morgan fingerprint density at radius 1 is 1.18 bits per heavy atom. The van der Waals surface area contributed by atoms with Crippen LogP contribution in [0.2, 0.25) is 5.02 Å². The standard InChI is InChI=1S/C27H32ClF3N4O5/c1-16(2)22-19(29)14-32-35(22)27(23(37)33-20-4-3-17(28)13-21(20)40-25(30)31)9-11-34(12-10-27)15-26(24(38)39)7-5-18(36)6-8-26/h3-4,13-14,16,25H,5-12,15H2,1-2H3,(H,33,37)(H,38,39). The summed E-state index contributed by atoms with van der Waals surface area (Å²) < 4.78 is 46.9. The van der Waals surface area contributed by atoms with Crippen LogP contribution in [0.1, 0.15) is 64.0 Å². The SMILES string of the molecule is CC(C)c1c(F)cnn1C1(C(=O)Nc2ccc(Cl)cc2OC(F)F)CCN(CC2(C(=O)O)CCC(=O)CC2)CC1. The third kappa shape index (κ3) is 5.97. The van der Waals surface area contributed by atoms with Gasteiger partial charge < -0.3 is 20.1 Å². The number of halogens is 4. The summed E-state index contributed by atoms with van der Waals surface area (Å²) in [5, 5.41) is 17.0. The van der Waals surface area contributed by atoms with E-state index in [1.54, 1.807) is 13.8 Å². The van der Waals surface area contributed by atoms with Crippen molar-refractivity contribution in [2.75, 3.05) is 25.0 Å². The van der Waals surface area contributed by atoms with Crippen LogP contribution in [0.25, 0.3) is 0 Å². The molecule has 1 amide bonds. The minimum atomic E-state index is -3.16. The number of carbonyl (C=O) groups excluding carboxylic acids is 2. The van der Waals surface area contributed by atoms with E-state index in [2.05, 4.69) is 15.2 Å². The number of benzene rings is 1. The Morgan fingerprint density at radius 2 is 1.82 bits per heavy atom. The largest absolute Gasteiger partial charge is 0.481 e. The maximum atomic E-state index is 14.8. The van der Waals surface area contributed by atoms with Gasteiger partial charge >= 0.3 is 12.6 Å². The van der Waals surface area contributed by atoms with Crippen molar-refractivity contribution in [2.45, 2.75) is 70.4 Å². The van der Waals surface area contributed by atoms with Crippen LogP contribution < -0.4 is 10.1 Å². The molecular weight excluding hydrogens is 553 g/mol. The van der Waals surface area contributed by atoms with Crippen LogP contribution in [-0.2, 0) is 19.9 Å². The predicted octanol–water partition coefficient (Wildman–Crippen LogP) is 5.04. The zero-order chi connectivity index (χ0) is 29.2. The van der Waals surface area contributed by atoms with Gasteiger partial charge in [-0.05, 0) is 43.7 Å². The highest BCUT2D eigenvalue weighted by atomic mass is 35.5. The van der Waals surface area contributed by atoms with Gasteiger partial charge in [0.25, 0.3) is 5.91 Å². The van der Waals surface area contributed by atoms with Crippen molar-refractivity contribution in [3.63, 3.8) is 0 Å². The summed E-state index contributed by atoms with van der Waals surface area (Å²) in [5.74, 6) is -2.74. The molecule has 0 unspecified atom stereocenters. The van der Waals surface area contributed by atoms with E-state index in [4.69, 9.17) is 11.6 Å². The fourth-order valence-electron chi connectivity index (χ4n) is 5.72.